The molecule has 6 nitrogen and oxygen atoms in total. The summed E-state index contributed by atoms with van der Waals surface area (Å²) in [5.74, 6) is 0.480. The minimum absolute atomic E-state index is 0.480. The fraction of sp³-hybridized carbons (Fsp3) is 0.500. The summed E-state index contributed by atoms with van der Waals surface area (Å²) in [4.78, 5) is 0. The van der Waals surface area contributed by atoms with Crippen molar-refractivity contribution in [2.75, 3.05) is 6.61 Å². The normalized spacial score (nSPS) is 33.3. The summed E-state index contributed by atoms with van der Waals surface area (Å²) >= 11 is 0. The van der Waals surface area contributed by atoms with Crippen molar-refractivity contribution in [1.29, 1.82) is 0 Å². The Kier molecular flexibility index (Phi) is 4.15. The highest BCUT2D eigenvalue weighted by atomic mass is 16.7. The fourth-order valence-electron chi connectivity index (χ4n) is 1.82. The molecule has 1 aliphatic heterocycles. The Morgan fingerprint density at radius 2 is 1.83 bits per heavy atom. The van der Waals surface area contributed by atoms with E-state index in [0.29, 0.717) is 5.75 Å². The van der Waals surface area contributed by atoms with Crippen LogP contribution in [0, 0.1) is 0 Å². The molecular formula is C12H16O6. The number of rotatable bonds is 4. The predicted octanol–water partition coefficient (Wildman–Crippen LogP) is -1.13. The van der Waals surface area contributed by atoms with E-state index >= 15 is 0 Å². The smallest absolute Gasteiger partial charge is 0.229 e. The maximum absolute atomic E-state index is 9.74. The molecule has 6 heteroatoms. The van der Waals surface area contributed by atoms with E-state index < -0.39 is 37.3 Å². The van der Waals surface area contributed by atoms with Crippen molar-refractivity contribution in [2.24, 2.45) is 0 Å². The van der Waals surface area contributed by atoms with Crippen LogP contribution < -0.4 is 4.74 Å². The van der Waals surface area contributed by atoms with Crippen LogP contribution in [-0.2, 0) is 4.74 Å². The minimum atomic E-state index is -1.30. The molecule has 0 unspecified atom stereocenters. The second-order valence-electron chi connectivity index (χ2n) is 4.13. The van der Waals surface area contributed by atoms with Crippen molar-refractivity contribution in [1.82, 2.24) is 0 Å². The van der Waals surface area contributed by atoms with Gasteiger partial charge in [0.05, 0.1) is 6.61 Å². The molecule has 1 heterocycles. The minimum Gasteiger partial charge on any atom is -0.462 e. The molecule has 4 N–H and O–H groups in total. The lowest BCUT2D eigenvalue weighted by atomic mass is 10.1. The number of aliphatic hydroxyl groups excluding tert-OH is 4. The maximum Gasteiger partial charge on any atom is 0.229 e. The lowest BCUT2D eigenvalue weighted by Gasteiger charge is -2.18. The van der Waals surface area contributed by atoms with Crippen LogP contribution in [0.25, 0.3) is 0 Å². The van der Waals surface area contributed by atoms with Crippen molar-refractivity contribution in [2.45, 2.75) is 30.7 Å². The van der Waals surface area contributed by atoms with Crippen LogP contribution in [0.4, 0.5) is 0 Å². The molecule has 0 spiro atoms. The summed E-state index contributed by atoms with van der Waals surface area (Å²) in [5, 5.41) is 37.7. The first-order valence-corrected chi connectivity index (χ1v) is 5.65. The van der Waals surface area contributed by atoms with Gasteiger partial charge in [-0.2, -0.15) is 0 Å². The molecule has 100 valence electrons. The van der Waals surface area contributed by atoms with Crippen LogP contribution in [0.15, 0.2) is 30.3 Å². The number of benzene rings is 1. The predicted molar refractivity (Wildman–Crippen MR) is 60.8 cm³/mol. The van der Waals surface area contributed by atoms with E-state index in [1.165, 1.54) is 0 Å². The quantitative estimate of drug-likeness (QED) is 0.544. The highest BCUT2D eigenvalue weighted by Crippen LogP contribution is 2.26. The first-order chi connectivity index (χ1) is 8.63. The Balaban J connectivity index is 2.03. The van der Waals surface area contributed by atoms with Crippen LogP contribution >= 0.6 is 0 Å². The first-order valence-electron chi connectivity index (χ1n) is 5.65. The Bertz CT molecular complexity index is 370. The lowest BCUT2D eigenvalue weighted by Crippen LogP contribution is -2.40. The van der Waals surface area contributed by atoms with Gasteiger partial charge in [-0.3, -0.25) is 0 Å². The van der Waals surface area contributed by atoms with Gasteiger partial charge in [-0.1, -0.05) is 18.2 Å². The molecule has 5 atom stereocenters. The molecule has 1 saturated heterocycles. The van der Waals surface area contributed by atoms with Crippen molar-refractivity contribution in [3.05, 3.63) is 30.3 Å². The van der Waals surface area contributed by atoms with Crippen molar-refractivity contribution < 1.29 is 29.9 Å². The van der Waals surface area contributed by atoms with E-state index in [1.807, 2.05) is 6.07 Å². The van der Waals surface area contributed by atoms with E-state index in [1.54, 1.807) is 24.3 Å². The zero-order chi connectivity index (χ0) is 13.1. The number of para-hydroxylation sites is 1. The summed E-state index contributed by atoms with van der Waals surface area (Å²) in [5.41, 5.74) is 0. The second-order valence-corrected chi connectivity index (χ2v) is 4.13. The average molecular weight is 256 g/mol. The Hall–Kier alpha value is -1.18. The molecule has 1 aromatic rings. The second kappa shape index (κ2) is 5.64. The van der Waals surface area contributed by atoms with Gasteiger partial charge in [-0.25, -0.2) is 0 Å². The van der Waals surface area contributed by atoms with Gasteiger partial charge in [0.2, 0.25) is 6.29 Å². The first kappa shape index (κ1) is 13.3. The third-order valence-corrected chi connectivity index (χ3v) is 2.82. The van der Waals surface area contributed by atoms with E-state index in [4.69, 9.17) is 14.6 Å². The monoisotopic (exact) mass is 256 g/mol. The van der Waals surface area contributed by atoms with Crippen molar-refractivity contribution >= 4 is 0 Å². The molecule has 1 aromatic carbocycles. The van der Waals surface area contributed by atoms with Gasteiger partial charge in [-0.15, -0.1) is 0 Å². The Labute approximate surface area is 104 Å². The van der Waals surface area contributed by atoms with Crippen LogP contribution in [0.1, 0.15) is 0 Å². The SMILES string of the molecule is OC[C@@H](O)[C@@H]1O[C@@H](Oc2ccccc2)[C@H](O)[C@H]1O. The van der Waals surface area contributed by atoms with Gasteiger partial charge >= 0.3 is 0 Å². The lowest BCUT2D eigenvalue weighted by molar-refractivity contribution is -0.137. The Morgan fingerprint density at radius 3 is 2.44 bits per heavy atom. The van der Waals surface area contributed by atoms with Crippen LogP contribution in [0.3, 0.4) is 0 Å². The topological polar surface area (TPSA) is 99.4 Å². The van der Waals surface area contributed by atoms with Gasteiger partial charge in [0.15, 0.2) is 0 Å². The third-order valence-electron chi connectivity index (χ3n) is 2.82. The third kappa shape index (κ3) is 2.63. The van der Waals surface area contributed by atoms with E-state index in [2.05, 4.69) is 0 Å². The highest BCUT2D eigenvalue weighted by Gasteiger charge is 2.47. The zero-order valence-electron chi connectivity index (χ0n) is 9.59. The van der Waals surface area contributed by atoms with Gasteiger partial charge < -0.3 is 29.9 Å². The molecular weight excluding hydrogens is 240 g/mol. The molecule has 18 heavy (non-hydrogen) atoms. The fourth-order valence-corrected chi connectivity index (χ4v) is 1.82. The molecule has 0 amide bonds. The summed E-state index contributed by atoms with van der Waals surface area (Å²) in [6, 6.07) is 8.68. The maximum atomic E-state index is 9.74. The van der Waals surface area contributed by atoms with Crippen molar-refractivity contribution in [3.8, 4) is 5.75 Å². The van der Waals surface area contributed by atoms with Crippen molar-refractivity contribution in [3.63, 3.8) is 0 Å². The molecule has 0 radical (unpaired) electrons. The highest BCUT2D eigenvalue weighted by molar-refractivity contribution is 5.21. The van der Waals surface area contributed by atoms with E-state index in [0.717, 1.165) is 0 Å². The molecule has 0 aromatic heterocycles. The summed E-state index contributed by atoms with van der Waals surface area (Å²) in [6.07, 6.45) is -6.00. The molecule has 1 fully saturated rings. The van der Waals surface area contributed by atoms with Crippen LogP contribution in [0.2, 0.25) is 0 Å². The molecule has 0 bridgehead atoms. The standard InChI is InChI=1S/C12H16O6/c13-6-8(14)11-9(15)10(16)12(18-11)17-7-4-2-1-3-5-7/h1-5,8-16H,6H2/t8-,9-,10-,11+,12-/m1/s1. The van der Waals surface area contributed by atoms with E-state index in [-0.39, 0.29) is 0 Å². The van der Waals surface area contributed by atoms with Crippen LogP contribution in [0.5, 0.6) is 5.75 Å². The molecule has 0 saturated carbocycles. The number of hydrogen-bond acceptors (Lipinski definition) is 6. The summed E-state index contributed by atoms with van der Waals surface area (Å²) in [7, 11) is 0. The average Bonchev–Trinajstić information content (AvgIpc) is 2.67. The summed E-state index contributed by atoms with van der Waals surface area (Å²) in [6.45, 7) is -0.563. The Morgan fingerprint density at radius 1 is 1.17 bits per heavy atom. The van der Waals surface area contributed by atoms with Gasteiger partial charge in [0.1, 0.15) is 30.2 Å². The molecule has 2 rings (SSSR count). The van der Waals surface area contributed by atoms with Gasteiger partial charge in [0, 0.05) is 0 Å². The summed E-state index contributed by atoms with van der Waals surface area (Å²) < 4.78 is 10.6. The number of hydrogen-bond donors (Lipinski definition) is 4. The number of aliphatic hydroxyl groups is 4. The van der Waals surface area contributed by atoms with Crippen LogP contribution in [-0.4, -0.2) is 57.7 Å². The molecule has 1 aliphatic rings. The van der Waals surface area contributed by atoms with Gasteiger partial charge in [-0.05, 0) is 12.1 Å². The number of ether oxygens (including phenoxy) is 2. The largest absolute Gasteiger partial charge is 0.462 e. The van der Waals surface area contributed by atoms with E-state index in [9.17, 15) is 15.3 Å². The zero-order valence-corrected chi connectivity index (χ0v) is 9.59. The van der Waals surface area contributed by atoms with Gasteiger partial charge in [0.25, 0.3) is 0 Å². The molecule has 0 aliphatic carbocycles.